The lowest BCUT2D eigenvalue weighted by molar-refractivity contribution is -0.0315. The van der Waals surface area contributed by atoms with Crippen LogP contribution in [-0.2, 0) is 27.4 Å². The molecule has 1 aromatic carbocycles. The van der Waals surface area contributed by atoms with E-state index in [9.17, 15) is 14.4 Å². The summed E-state index contributed by atoms with van der Waals surface area (Å²) in [6.07, 6.45) is 0.187. The predicted molar refractivity (Wildman–Crippen MR) is 128 cm³/mol. The Hall–Kier alpha value is -3.33. The third kappa shape index (κ3) is 5.51. The molecular weight excluding hydrogens is 450 g/mol. The van der Waals surface area contributed by atoms with Gasteiger partial charge in [-0.3, -0.25) is 9.59 Å². The molecule has 2 atom stereocenters. The second-order valence-corrected chi connectivity index (χ2v) is 9.07. The number of fused-ring (bicyclic) bond motifs is 1. The first-order valence-electron chi connectivity index (χ1n) is 12.2. The Kier molecular flexibility index (Phi) is 7.75. The van der Waals surface area contributed by atoms with Gasteiger partial charge in [-0.15, -0.1) is 0 Å². The Balaban J connectivity index is 1.56. The van der Waals surface area contributed by atoms with Crippen LogP contribution in [0.1, 0.15) is 78.2 Å². The van der Waals surface area contributed by atoms with Crippen molar-refractivity contribution in [3.05, 3.63) is 58.9 Å². The fraction of sp³-hybridized carbons (Fsp3) is 0.500. The molecule has 0 saturated carbocycles. The van der Waals surface area contributed by atoms with Gasteiger partial charge in [-0.05, 0) is 38.3 Å². The average Bonchev–Trinajstić information content (AvgIpc) is 3.47. The van der Waals surface area contributed by atoms with Crippen LogP contribution in [-0.4, -0.2) is 52.9 Å². The Morgan fingerprint density at radius 1 is 1.17 bits per heavy atom. The fourth-order valence-electron chi connectivity index (χ4n) is 4.61. The Bertz CT molecular complexity index is 1060. The monoisotopic (exact) mass is 483 g/mol. The molecule has 0 bridgehead atoms. The van der Waals surface area contributed by atoms with E-state index in [1.165, 1.54) is 0 Å². The number of carbonyl (C=O) groups excluding carboxylic acids is 3. The summed E-state index contributed by atoms with van der Waals surface area (Å²) >= 11 is 0. The number of amides is 2. The van der Waals surface area contributed by atoms with E-state index in [1.807, 2.05) is 41.8 Å². The number of benzene rings is 1. The zero-order valence-corrected chi connectivity index (χ0v) is 20.5. The molecule has 0 radical (unpaired) electrons. The van der Waals surface area contributed by atoms with E-state index in [2.05, 4.69) is 5.32 Å². The van der Waals surface area contributed by atoms with Crippen LogP contribution in [0.4, 0.5) is 4.79 Å². The minimum absolute atomic E-state index is 0.147. The third-order valence-electron chi connectivity index (χ3n) is 6.31. The first kappa shape index (κ1) is 24.8. The maximum absolute atomic E-state index is 13.6. The van der Waals surface area contributed by atoms with Gasteiger partial charge in [-0.2, -0.15) is 0 Å². The van der Waals surface area contributed by atoms with Gasteiger partial charge in [0.2, 0.25) is 0 Å². The van der Waals surface area contributed by atoms with E-state index in [0.29, 0.717) is 49.5 Å². The minimum Gasteiger partial charge on any atom is -0.432 e. The molecule has 0 aliphatic carbocycles. The summed E-state index contributed by atoms with van der Waals surface area (Å²) in [6, 6.07) is 11.3. The molecule has 1 fully saturated rings. The van der Waals surface area contributed by atoms with Crippen molar-refractivity contribution in [2.75, 3.05) is 13.2 Å². The summed E-state index contributed by atoms with van der Waals surface area (Å²) in [4.78, 5) is 40.5. The van der Waals surface area contributed by atoms with Crippen molar-refractivity contribution in [3.63, 3.8) is 0 Å². The summed E-state index contributed by atoms with van der Waals surface area (Å²) in [5.74, 6) is -0.522. The molecule has 9 nitrogen and oxygen atoms in total. The molecule has 9 heteroatoms. The van der Waals surface area contributed by atoms with Crippen LogP contribution in [0.2, 0.25) is 0 Å². The Morgan fingerprint density at radius 2 is 1.94 bits per heavy atom. The zero-order chi connectivity index (χ0) is 24.9. The lowest BCUT2D eigenvalue weighted by atomic mass is 10.0. The molecule has 35 heavy (non-hydrogen) atoms. The Labute approximate surface area is 205 Å². The van der Waals surface area contributed by atoms with E-state index >= 15 is 0 Å². The fourth-order valence-corrected chi connectivity index (χ4v) is 4.61. The van der Waals surface area contributed by atoms with Crippen molar-refractivity contribution in [2.45, 2.75) is 71.6 Å². The van der Waals surface area contributed by atoms with E-state index in [0.717, 1.165) is 12.0 Å². The maximum atomic E-state index is 13.6. The molecule has 2 aliphatic heterocycles. The number of hydrogen-bond donors (Lipinski definition) is 1. The molecule has 2 amide bonds. The highest BCUT2D eigenvalue weighted by Crippen LogP contribution is 2.27. The molecule has 3 heterocycles. The highest BCUT2D eigenvalue weighted by molar-refractivity contribution is 6.01. The normalized spacial score (nSPS) is 18.2. The highest BCUT2D eigenvalue weighted by atomic mass is 16.7. The lowest BCUT2D eigenvalue weighted by Gasteiger charge is -2.26. The number of nitrogens with one attached hydrogen (secondary N) is 1. The number of nitrogens with zero attached hydrogens (tertiary/aromatic N) is 2. The smallest absolute Gasteiger partial charge is 0.432 e. The minimum atomic E-state index is -0.790. The summed E-state index contributed by atoms with van der Waals surface area (Å²) in [7, 11) is 0. The van der Waals surface area contributed by atoms with Crippen LogP contribution in [0, 0.1) is 0 Å². The molecule has 1 N–H and O–H groups in total. The SMILES string of the molecule is CC[C@@H](NC(=O)c1cc(C(=O)N2CCC[C@H]2OC(=O)OC(C)C)n2c1COCC2)c1ccccc1. The second-order valence-electron chi connectivity index (χ2n) is 9.07. The molecule has 0 unspecified atom stereocenters. The largest absolute Gasteiger partial charge is 0.510 e. The van der Waals surface area contributed by atoms with Gasteiger partial charge in [-0.1, -0.05) is 37.3 Å². The predicted octanol–water partition coefficient (Wildman–Crippen LogP) is 4.02. The van der Waals surface area contributed by atoms with Gasteiger partial charge in [0.25, 0.3) is 11.8 Å². The van der Waals surface area contributed by atoms with Crippen molar-refractivity contribution < 1.29 is 28.6 Å². The summed E-state index contributed by atoms with van der Waals surface area (Å²) in [5.41, 5.74) is 2.53. The van der Waals surface area contributed by atoms with Gasteiger partial charge in [0.05, 0.1) is 36.6 Å². The van der Waals surface area contributed by atoms with E-state index in [-0.39, 0.29) is 30.6 Å². The second kappa shape index (κ2) is 10.9. The van der Waals surface area contributed by atoms with Crippen LogP contribution < -0.4 is 5.32 Å². The first-order valence-corrected chi connectivity index (χ1v) is 12.2. The Morgan fingerprint density at radius 3 is 2.66 bits per heavy atom. The zero-order valence-electron chi connectivity index (χ0n) is 20.5. The van der Waals surface area contributed by atoms with Crippen LogP contribution in [0.15, 0.2) is 36.4 Å². The molecule has 2 aromatic rings. The van der Waals surface area contributed by atoms with Crippen molar-refractivity contribution in [2.24, 2.45) is 0 Å². The number of carbonyl (C=O) groups is 3. The molecular formula is C26H33N3O6. The van der Waals surface area contributed by atoms with Crippen LogP contribution in [0.3, 0.4) is 0 Å². The number of ether oxygens (including phenoxy) is 3. The van der Waals surface area contributed by atoms with Crippen LogP contribution in [0.5, 0.6) is 0 Å². The standard InChI is InChI=1S/C26H33N3O6/c1-4-20(18-9-6-5-7-10-18)27-24(30)19-15-21(28-13-14-33-16-22(19)28)25(31)29-12-8-11-23(29)35-26(32)34-17(2)3/h5-7,9-10,15,17,20,23H,4,8,11-14,16H2,1-3H3,(H,27,30)/t20-,23-/m1/s1. The number of aromatic nitrogens is 1. The quantitative estimate of drug-likeness (QED) is 0.597. The molecule has 0 spiro atoms. The van der Waals surface area contributed by atoms with E-state index < -0.39 is 12.4 Å². The van der Waals surface area contributed by atoms with E-state index in [4.69, 9.17) is 14.2 Å². The lowest BCUT2D eigenvalue weighted by Crippen LogP contribution is -2.40. The van der Waals surface area contributed by atoms with Gasteiger partial charge in [0, 0.05) is 19.5 Å². The molecule has 2 aliphatic rings. The average molecular weight is 484 g/mol. The van der Waals surface area contributed by atoms with E-state index in [1.54, 1.807) is 24.8 Å². The van der Waals surface area contributed by atoms with Crippen molar-refractivity contribution in [3.8, 4) is 0 Å². The number of hydrogen-bond acceptors (Lipinski definition) is 6. The highest BCUT2D eigenvalue weighted by Gasteiger charge is 2.36. The van der Waals surface area contributed by atoms with Crippen molar-refractivity contribution in [1.29, 1.82) is 0 Å². The van der Waals surface area contributed by atoms with Crippen LogP contribution in [0.25, 0.3) is 0 Å². The summed E-state index contributed by atoms with van der Waals surface area (Å²) in [5, 5.41) is 3.11. The topological polar surface area (TPSA) is 99.1 Å². The maximum Gasteiger partial charge on any atom is 0.510 e. The van der Waals surface area contributed by atoms with Gasteiger partial charge in [0.1, 0.15) is 5.69 Å². The summed E-state index contributed by atoms with van der Waals surface area (Å²) in [6.45, 7) is 7.12. The van der Waals surface area contributed by atoms with Crippen molar-refractivity contribution >= 4 is 18.0 Å². The third-order valence-corrected chi connectivity index (χ3v) is 6.31. The van der Waals surface area contributed by atoms with Crippen LogP contribution >= 0.6 is 0 Å². The van der Waals surface area contributed by atoms with Gasteiger partial charge < -0.3 is 29.0 Å². The molecule has 1 aromatic heterocycles. The van der Waals surface area contributed by atoms with Gasteiger partial charge in [0.15, 0.2) is 6.23 Å². The molecule has 1 saturated heterocycles. The summed E-state index contributed by atoms with van der Waals surface area (Å²) < 4.78 is 18.0. The molecule has 4 rings (SSSR count). The number of rotatable bonds is 7. The van der Waals surface area contributed by atoms with Gasteiger partial charge in [-0.25, -0.2) is 4.79 Å². The number of likely N-dealkylation sites (tertiary alicyclic amines) is 1. The molecule has 188 valence electrons. The van der Waals surface area contributed by atoms with Gasteiger partial charge >= 0.3 is 6.16 Å². The first-order chi connectivity index (χ1) is 16.9. The van der Waals surface area contributed by atoms with Crippen molar-refractivity contribution in [1.82, 2.24) is 14.8 Å².